The maximum Gasteiger partial charge on any atom is 0.193 e. The Labute approximate surface area is 115 Å². The van der Waals surface area contributed by atoms with Crippen molar-refractivity contribution in [1.29, 1.82) is 0 Å². The molecule has 0 amide bonds. The fraction of sp³-hybridized carbons (Fsp3) is 0.235. The van der Waals surface area contributed by atoms with Gasteiger partial charge < -0.3 is 9.52 Å². The van der Waals surface area contributed by atoms with E-state index in [1.54, 1.807) is 0 Å². The minimum atomic E-state index is 0.0949. The summed E-state index contributed by atoms with van der Waals surface area (Å²) in [5, 5.41) is 10.9. The normalized spacial score (nSPS) is 14.4. The van der Waals surface area contributed by atoms with E-state index in [1.807, 2.05) is 30.3 Å². The molecule has 0 saturated carbocycles. The lowest BCUT2D eigenvalue weighted by atomic mass is 10.0. The standard InChI is InChI=1S/C17H14O3/c18-8-4-3-5-10-9-13-14(15(10)19)17-12-7-2-1-6-11(12)16(13)20-17/h1-2,6-7,9,18H,3-5,8H2. The van der Waals surface area contributed by atoms with Gasteiger partial charge in [-0.1, -0.05) is 24.3 Å². The van der Waals surface area contributed by atoms with Gasteiger partial charge in [-0.3, -0.25) is 4.79 Å². The number of unbranched alkanes of at least 4 members (excludes halogenated alkanes) is 1. The minimum absolute atomic E-state index is 0.0949. The van der Waals surface area contributed by atoms with Gasteiger partial charge in [0.1, 0.15) is 11.2 Å². The van der Waals surface area contributed by atoms with Gasteiger partial charge in [0.05, 0.1) is 5.56 Å². The number of ketones is 1. The summed E-state index contributed by atoms with van der Waals surface area (Å²) in [5.41, 5.74) is 4.08. The van der Waals surface area contributed by atoms with Crippen LogP contribution in [0.3, 0.4) is 0 Å². The third-order valence-corrected chi connectivity index (χ3v) is 4.05. The van der Waals surface area contributed by atoms with Crippen LogP contribution in [0.2, 0.25) is 0 Å². The summed E-state index contributed by atoms with van der Waals surface area (Å²) < 4.78 is 5.81. The van der Waals surface area contributed by atoms with Crippen molar-refractivity contribution in [3.8, 4) is 0 Å². The molecule has 3 heteroatoms. The monoisotopic (exact) mass is 266 g/mol. The third-order valence-electron chi connectivity index (χ3n) is 4.05. The average Bonchev–Trinajstić information content (AvgIpc) is 3.11. The molecule has 1 aliphatic carbocycles. The lowest BCUT2D eigenvalue weighted by molar-refractivity contribution is 0.103. The first-order valence-corrected chi connectivity index (χ1v) is 6.94. The number of Topliss-reactive ketones (excluding diaryl/α,β-unsaturated/α-hetero) is 1. The molecule has 1 N–H and O–H groups in total. The van der Waals surface area contributed by atoms with E-state index in [-0.39, 0.29) is 12.4 Å². The molecule has 1 aliphatic rings. The number of carbonyl (C=O) groups excluding carboxylic acids is 1. The highest BCUT2D eigenvalue weighted by Gasteiger charge is 2.32. The first kappa shape index (κ1) is 11.7. The molecule has 0 saturated heterocycles. The molecule has 2 heterocycles. The number of benzene rings is 2. The molecule has 0 fully saturated rings. The molecular weight excluding hydrogens is 252 g/mol. The molecular formula is C17H14O3. The maximum atomic E-state index is 12.5. The van der Waals surface area contributed by atoms with Crippen molar-refractivity contribution in [3.05, 3.63) is 41.0 Å². The van der Waals surface area contributed by atoms with Crippen LogP contribution in [0, 0.1) is 0 Å². The molecule has 4 rings (SSSR count). The first-order chi connectivity index (χ1) is 9.81. The van der Waals surface area contributed by atoms with Crippen LogP contribution in [0.15, 0.2) is 34.3 Å². The van der Waals surface area contributed by atoms with E-state index in [2.05, 4.69) is 0 Å². The van der Waals surface area contributed by atoms with Gasteiger partial charge in [0, 0.05) is 28.5 Å². The number of rotatable bonds is 4. The first-order valence-electron chi connectivity index (χ1n) is 6.94. The summed E-state index contributed by atoms with van der Waals surface area (Å²) >= 11 is 0. The van der Waals surface area contributed by atoms with E-state index in [4.69, 9.17) is 9.52 Å². The topological polar surface area (TPSA) is 50.4 Å². The lowest BCUT2D eigenvalue weighted by Crippen LogP contribution is -1.99. The fourth-order valence-corrected chi connectivity index (χ4v) is 3.09. The molecule has 100 valence electrons. The predicted octanol–water partition coefficient (Wildman–Crippen LogP) is 3.77. The van der Waals surface area contributed by atoms with Gasteiger partial charge >= 0.3 is 0 Å². The number of aliphatic hydroxyl groups excluding tert-OH is 1. The smallest absolute Gasteiger partial charge is 0.193 e. The van der Waals surface area contributed by atoms with Crippen LogP contribution in [-0.4, -0.2) is 17.5 Å². The van der Waals surface area contributed by atoms with Crippen LogP contribution < -0.4 is 0 Å². The molecule has 3 aromatic rings. The molecule has 1 aromatic carbocycles. The highest BCUT2D eigenvalue weighted by Crippen LogP contribution is 2.44. The SMILES string of the molecule is O=C1C(CCCCO)=Cc2c1c1oc2c2ccccc12. The van der Waals surface area contributed by atoms with Gasteiger partial charge in [0.2, 0.25) is 0 Å². The molecule has 3 nitrogen and oxygen atoms in total. The van der Waals surface area contributed by atoms with Gasteiger partial charge in [-0.25, -0.2) is 0 Å². The number of aliphatic hydroxyl groups is 1. The summed E-state index contributed by atoms with van der Waals surface area (Å²) in [4.78, 5) is 12.5. The molecule has 0 spiro atoms. The number of carbonyl (C=O) groups is 1. The van der Waals surface area contributed by atoms with E-state index >= 15 is 0 Å². The van der Waals surface area contributed by atoms with Crippen LogP contribution in [0.5, 0.6) is 0 Å². The van der Waals surface area contributed by atoms with Crippen LogP contribution in [0.1, 0.15) is 35.2 Å². The van der Waals surface area contributed by atoms with Crippen LogP contribution in [-0.2, 0) is 0 Å². The Bertz CT molecular complexity index is 838. The zero-order valence-electron chi connectivity index (χ0n) is 11.0. The number of hydrogen-bond acceptors (Lipinski definition) is 3. The number of fused-ring (bicyclic) bond motifs is 8. The van der Waals surface area contributed by atoms with Crippen molar-refractivity contribution in [2.75, 3.05) is 6.61 Å². The molecule has 0 atom stereocenters. The second kappa shape index (κ2) is 4.18. The summed E-state index contributed by atoms with van der Waals surface area (Å²) in [7, 11) is 0. The van der Waals surface area contributed by atoms with Crippen molar-refractivity contribution in [1.82, 2.24) is 0 Å². The quantitative estimate of drug-likeness (QED) is 0.731. The van der Waals surface area contributed by atoms with Gasteiger partial charge in [0.25, 0.3) is 0 Å². The van der Waals surface area contributed by atoms with Crippen molar-refractivity contribution >= 4 is 33.8 Å². The van der Waals surface area contributed by atoms with Gasteiger partial charge in [-0.15, -0.1) is 0 Å². The largest absolute Gasteiger partial charge is 0.455 e. The van der Waals surface area contributed by atoms with Crippen molar-refractivity contribution in [2.45, 2.75) is 19.3 Å². The Morgan fingerprint density at radius 2 is 1.80 bits per heavy atom. The van der Waals surface area contributed by atoms with Crippen molar-refractivity contribution < 1.29 is 14.3 Å². The van der Waals surface area contributed by atoms with E-state index in [9.17, 15) is 4.79 Å². The van der Waals surface area contributed by atoms with Gasteiger partial charge in [-0.05, 0) is 25.3 Å². The lowest BCUT2D eigenvalue weighted by Gasteiger charge is -2.00. The Morgan fingerprint density at radius 1 is 1.05 bits per heavy atom. The summed E-state index contributed by atoms with van der Waals surface area (Å²) in [6.45, 7) is 0.178. The Kier molecular flexibility index (Phi) is 2.44. The summed E-state index contributed by atoms with van der Waals surface area (Å²) in [6, 6.07) is 7.98. The minimum Gasteiger partial charge on any atom is -0.455 e. The van der Waals surface area contributed by atoms with E-state index < -0.39 is 0 Å². The molecule has 0 radical (unpaired) electrons. The molecule has 2 aromatic heterocycles. The van der Waals surface area contributed by atoms with E-state index in [0.29, 0.717) is 0 Å². The van der Waals surface area contributed by atoms with Crippen LogP contribution >= 0.6 is 0 Å². The Hall–Kier alpha value is -2.13. The Balaban J connectivity index is 1.81. The van der Waals surface area contributed by atoms with Crippen LogP contribution in [0.4, 0.5) is 0 Å². The molecule has 2 bridgehead atoms. The summed E-state index contributed by atoms with van der Waals surface area (Å²) in [5.74, 6) is 0.0949. The molecule has 20 heavy (non-hydrogen) atoms. The second-order valence-electron chi connectivity index (χ2n) is 5.27. The summed E-state index contributed by atoms with van der Waals surface area (Å²) in [6.07, 6.45) is 4.27. The van der Waals surface area contributed by atoms with Gasteiger partial charge in [0.15, 0.2) is 5.78 Å². The number of hydrogen-bond donors (Lipinski definition) is 1. The van der Waals surface area contributed by atoms with Crippen LogP contribution in [0.25, 0.3) is 28.0 Å². The zero-order valence-corrected chi connectivity index (χ0v) is 11.0. The van der Waals surface area contributed by atoms with E-state index in [1.165, 1.54) is 0 Å². The Morgan fingerprint density at radius 3 is 2.55 bits per heavy atom. The van der Waals surface area contributed by atoms with E-state index in [0.717, 1.165) is 57.9 Å². The number of allylic oxidation sites excluding steroid dienone is 1. The van der Waals surface area contributed by atoms with Crippen molar-refractivity contribution in [3.63, 3.8) is 0 Å². The van der Waals surface area contributed by atoms with Crippen molar-refractivity contribution in [2.24, 2.45) is 0 Å². The highest BCUT2D eigenvalue weighted by molar-refractivity contribution is 6.29. The fourth-order valence-electron chi connectivity index (χ4n) is 3.09. The number of furan rings is 2. The molecule has 0 unspecified atom stereocenters. The van der Waals surface area contributed by atoms with Gasteiger partial charge in [-0.2, -0.15) is 0 Å². The molecule has 0 aliphatic heterocycles. The third kappa shape index (κ3) is 1.41. The highest BCUT2D eigenvalue weighted by atomic mass is 16.3. The maximum absolute atomic E-state index is 12.5. The average molecular weight is 266 g/mol. The second-order valence-corrected chi connectivity index (χ2v) is 5.27. The predicted molar refractivity (Wildman–Crippen MR) is 78.2 cm³/mol. The zero-order chi connectivity index (χ0) is 13.7.